The van der Waals surface area contributed by atoms with Gasteiger partial charge in [0.05, 0.1) is 0 Å². The van der Waals surface area contributed by atoms with Gasteiger partial charge in [0, 0.05) is 37.2 Å². The molecule has 0 saturated carbocycles. The van der Waals surface area contributed by atoms with E-state index >= 15 is 0 Å². The van der Waals surface area contributed by atoms with Crippen LogP contribution in [-0.2, 0) is 30.2 Å². The van der Waals surface area contributed by atoms with Crippen LogP contribution < -0.4 is 0 Å². The first-order valence-electron chi connectivity index (χ1n) is 0.963. The highest BCUT2D eigenvalue weighted by Gasteiger charge is 1.36. The Balaban J connectivity index is 4.25. The van der Waals surface area contributed by atoms with Crippen molar-refractivity contribution in [3.8, 4) is 0 Å². The van der Waals surface area contributed by atoms with Crippen LogP contribution in [0, 0.1) is 0 Å². The minimum Gasteiger partial charge on any atom is -0.224 e. The molecule has 0 bridgehead atoms. The van der Waals surface area contributed by atoms with Crippen LogP contribution in [0.1, 0.15) is 0 Å². The third kappa shape index (κ3) is 4.46. The summed E-state index contributed by atoms with van der Waals surface area (Å²) >= 11 is 8.91. The highest BCUT2D eigenvalue weighted by atomic mass is 33.1. The predicted molar refractivity (Wildman–Crippen MR) is 30.4 cm³/mol. The fourth-order valence-corrected chi connectivity index (χ4v) is 0. The molecular formula is CH3NS3. The summed E-state index contributed by atoms with van der Waals surface area (Å²) in [4.78, 5) is 0. The number of nitrogens with zero attached hydrogens (tertiary/aromatic N) is 1. The van der Waals surface area contributed by atoms with Crippen molar-refractivity contribution in [1.82, 2.24) is 0 Å². The molecule has 0 rings (SSSR count). The second kappa shape index (κ2) is 2.68. The lowest BCUT2D eigenvalue weighted by Gasteiger charge is -1.48. The van der Waals surface area contributed by atoms with Crippen molar-refractivity contribution in [2.75, 3.05) is 7.05 Å². The van der Waals surface area contributed by atoms with E-state index in [0.717, 1.165) is 0 Å². The summed E-state index contributed by atoms with van der Waals surface area (Å²) in [6.07, 6.45) is 0. The molecule has 0 radical (unpaired) electrons. The maximum atomic E-state index is 4.46. The predicted octanol–water partition coefficient (Wildman–Crippen LogP) is 0.342. The molecule has 0 atom stereocenters. The molecule has 0 spiro atoms. The highest BCUT2D eigenvalue weighted by molar-refractivity contribution is 8.41. The highest BCUT2D eigenvalue weighted by Crippen LogP contribution is 1.45. The van der Waals surface area contributed by atoms with E-state index in [0.29, 0.717) is 0 Å². The van der Waals surface area contributed by atoms with Crippen LogP contribution in [0.2, 0.25) is 0 Å². The summed E-state index contributed by atoms with van der Waals surface area (Å²) in [7, 11) is 1.10. The lowest BCUT2D eigenvalue weighted by Crippen LogP contribution is -1.39. The van der Waals surface area contributed by atoms with Gasteiger partial charge in [0.15, 0.2) is 0 Å². The van der Waals surface area contributed by atoms with Gasteiger partial charge in [0.25, 0.3) is 0 Å². The monoisotopic (exact) mass is 125 g/mol. The Bertz CT molecular complexity index is 110. The first-order chi connectivity index (χ1) is 2.27. The zero-order valence-electron chi connectivity index (χ0n) is 2.67. The van der Waals surface area contributed by atoms with E-state index in [1.165, 1.54) is 0 Å². The van der Waals surface area contributed by atoms with E-state index in [-0.39, 0.29) is 0 Å². The average molecular weight is 125 g/mol. The molecule has 0 aromatic heterocycles. The lowest BCUT2D eigenvalue weighted by atomic mass is 11.6. The Kier molecular flexibility index (Phi) is 2.93. The summed E-state index contributed by atoms with van der Waals surface area (Å²) in [5.74, 6) is 0. The van der Waals surface area contributed by atoms with Crippen LogP contribution in [0.4, 0.5) is 0 Å². The van der Waals surface area contributed by atoms with E-state index in [2.05, 4.69) is 26.7 Å². The zero-order chi connectivity index (χ0) is 4.28. The maximum absolute atomic E-state index is 4.46. The first-order valence-corrected chi connectivity index (χ1v) is 3.99. The molecule has 30 valence electrons. The van der Waals surface area contributed by atoms with E-state index in [9.17, 15) is 0 Å². The number of hydrogen-bond acceptors (Lipinski definition) is 3. The van der Waals surface area contributed by atoms with Crippen LogP contribution in [0.15, 0.2) is 4.36 Å². The summed E-state index contributed by atoms with van der Waals surface area (Å²) in [6.45, 7) is 0. The molecule has 0 heterocycles. The van der Waals surface area contributed by atoms with Gasteiger partial charge in [-0.1, -0.05) is 0 Å². The third-order valence-electron chi connectivity index (χ3n) is 0.149. The fourth-order valence-electron chi connectivity index (χ4n) is 0. The van der Waals surface area contributed by atoms with Crippen LogP contribution in [-0.4, -0.2) is 7.05 Å². The molecule has 0 aromatic rings. The van der Waals surface area contributed by atoms with E-state index in [1.54, 1.807) is 7.05 Å². The van der Waals surface area contributed by atoms with Gasteiger partial charge >= 0.3 is 0 Å². The van der Waals surface area contributed by atoms with Gasteiger partial charge < -0.3 is 0 Å². The van der Waals surface area contributed by atoms with Gasteiger partial charge in [-0.05, 0) is 0 Å². The first kappa shape index (κ1) is 5.46. The van der Waals surface area contributed by atoms with Gasteiger partial charge in [0.1, 0.15) is 0 Å². The lowest BCUT2D eigenvalue weighted by molar-refractivity contribution is 1.53. The molecule has 0 amide bonds. The fraction of sp³-hybridized carbons (Fsp3) is 1.00. The quantitative estimate of drug-likeness (QED) is 0.463. The Morgan fingerprint density at radius 2 is 1.80 bits per heavy atom. The van der Waals surface area contributed by atoms with Gasteiger partial charge in [-0.2, -0.15) is 0 Å². The molecule has 0 saturated heterocycles. The van der Waals surface area contributed by atoms with Crippen molar-refractivity contribution >= 4 is 30.2 Å². The molecule has 0 aliphatic rings. The summed E-state index contributed by atoms with van der Waals surface area (Å²) in [6, 6.07) is 0. The SMILES string of the molecule is CN=S(=S)=S. The second-order valence-electron chi connectivity index (χ2n) is 0.400. The van der Waals surface area contributed by atoms with Gasteiger partial charge in [-0.25, -0.2) is 4.36 Å². The molecule has 0 N–H and O–H groups in total. The van der Waals surface area contributed by atoms with E-state index in [1.807, 2.05) is 0 Å². The topological polar surface area (TPSA) is 12.4 Å². The third-order valence-corrected chi connectivity index (χ3v) is 1.34. The van der Waals surface area contributed by atoms with Crippen molar-refractivity contribution in [2.24, 2.45) is 4.36 Å². The normalized spacial score (nSPS) is 6.60. The van der Waals surface area contributed by atoms with Crippen LogP contribution in [0.5, 0.6) is 0 Å². The summed E-state index contributed by atoms with van der Waals surface area (Å²) in [5.41, 5.74) is 0. The summed E-state index contributed by atoms with van der Waals surface area (Å²) in [5, 5.41) is 0. The van der Waals surface area contributed by atoms with E-state index < -0.39 is 7.81 Å². The minimum absolute atomic E-state index is 0.531. The molecule has 0 aromatic carbocycles. The van der Waals surface area contributed by atoms with Crippen molar-refractivity contribution in [3.63, 3.8) is 0 Å². The smallest absolute Gasteiger partial charge is 0.0408 e. The molecule has 0 unspecified atom stereocenters. The molecule has 4 heteroatoms. The van der Waals surface area contributed by atoms with Crippen LogP contribution in [0.25, 0.3) is 0 Å². The van der Waals surface area contributed by atoms with Crippen molar-refractivity contribution < 1.29 is 0 Å². The zero-order valence-corrected chi connectivity index (χ0v) is 5.12. The number of hydrogen-bond donors (Lipinski definition) is 0. The Morgan fingerprint density at radius 3 is 1.80 bits per heavy atom. The molecule has 0 aliphatic heterocycles. The molecule has 5 heavy (non-hydrogen) atoms. The van der Waals surface area contributed by atoms with E-state index in [4.69, 9.17) is 0 Å². The Morgan fingerprint density at radius 1 is 1.60 bits per heavy atom. The Hall–Kier alpha value is 0.460. The minimum atomic E-state index is -0.531. The number of rotatable bonds is 0. The largest absolute Gasteiger partial charge is 0.224 e. The molecule has 1 nitrogen and oxygen atoms in total. The van der Waals surface area contributed by atoms with Gasteiger partial charge in [0.2, 0.25) is 0 Å². The maximum Gasteiger partial charge on any atom is 0.0408 e. The van der Waals surface area contributed by atoms with Crippen molar-refractivity contribution in [1.29, 1.82) is 0 Å². The summed E-state index contributed by atoms with van der Waals surface area (Å²) < 4.78 is 3.55. The van der Waals surface area contributed by atoms with Gasteiger partial charge in [-0.3, -0.25) is 0 Å². The van der Waals surface area contributed by atoms with Crippen LogP contribution in [0.3, 0.4) is 0 Å². The van der Waals surface area contributed by atoms with Gasteiger partial charge in [-0.15, -0.1) is 0 Å². The average Bonchev–Trinajstić information content (AvgIpc) is 1.38. The molecular weight excluding hydrogens is 122 g/mol. The molecule has 0 aliphatic carbocycles. The standard InChI is InChI=1S/CH3NS3/c1-2-5(3)4/h1H3. The molecule has 0 fully saturated rings. The second-order valence-corrected chi connectivity index (χ2v) is 3.73. The van der Waals surface area contributed by atoms with Crippen LogP contribution >= 0.6 is 0 Å². The Labute approximate surface area is 42.0 Å². The van der Waals surface area contributed by atoms with Crippen molar-refractivity contribution in [3.05, 3.63) is 0 Å². The van der Waals surface area contributed by atoms with Crippen molar-refractivity contribution in [2.45, 2.75) is 0 Å².